The van der Waals surface area contributed by atoms with E-state index in [-0.39, 0.29) is 18.7 Å². The van der Waals surface area contributed by atoms with Crippen LogP contribution in [0.25, 0.3) is 17.2 Å². The standard InChI is InChI=1S/C33H28N2O3/c36-31-30(24-28-18-10-11-19-29(28)27-16-8-3-9-17-27)32(37)35(23-21-26-14-6-2-7-15-26)33(38)34(31)22-20-25-12-4-1-5-13-25/h1-19,24H,20-23H2. The highest BCUT2D eigenvalue weighted by atomic mass is 16.2. The molecule has 4 aromatic rings. The van der Waals surface area contributed by atoms with Crippen molar-refractivity contribution in [3.63, 3.8) is 0 Å². The first kappa shape index (κ1) is 24.9. The van der Waals surface area contributed by atoms with E-state index in [1.807, 2.05) is 115 Å². The molecule has 4 aromatic carbocycles. The Hall–Kier alpha value is -4.77. The Labute approximate surface area is 222 Å². The molecule has 0 saturated carbocycles. The SMILES string of the molecule is O=C1C(=Cc2ccccc2-c2ccccc2)C(=O)N(CCc2ccccc2)C(=O)N1CCc1ccccc1. The molecule has 0 spiro atoms. The zero-order valence-corrected chi connectivity index (χ0v) is 21.0. The van der Waals surface area contributed by atoms with Crippen LogP contribution >= 0.6 is 0 Å². The molecule has 5 nitrogen and oxygen atoms in total. The molecule has 4 amide bonds. The first-order valence-corrected chi connectivity index (χ1v) is 12.7. The van der Waals surface area contributed by atoms with E-state index in [4.69, 9.17) is 0 Å². The van der Waals surface area contributed by atoms with Crippen LogP contribution in [0.2, 0.25) is 0 Å². The van der Waals surface area contributed by atoms with Crippen molar-refractivity contribution in [1.29, 1.82) is 0 Å². The number of hydrogen-bond donors (Lipinski definition) is 0. The van der Waals surface area contributed by atoms with Crippen LogP contribution in [-0.4, -0.2) is 40.7 Å². The molecular formula is C33H28N2O3. The third kappa shape index (κ3) is 5.47. The fourth-order valence-corrected chi connectivity index (χ4v) is 4.65. The summed E-state index contributed by atoms with van der Waals surface area (Å²) in [5.74, 6) is -1.12. The quantitative estimate of drug-likeness (QED) is 0.220. The molecule has 5 heteroatoms. The highest BCUT2D eigenvalue weighted by molar-refractivity contribution is 6.31. The summed E-state index contributed by atoms with van der Waals surface area (Å²) in [6, 6.07) is 36.3. The highest BCUT2D eigenvalue weighted by Gasteiger charge is 2.41. The van der Waals surface area contributed by atoms with Crippen LogP contribution in [0.4, 0.5) is 4.79 Å². The van der Waals surface area contributed by atoms with Crippen molar-refractivity contribution in [2.45, 2.75) is 12.8 Å². The molecule has 0 aromatic heterocycles. The van der Waals surface area contributed by atoms with Crippen molar-refractivity contribution < 1.29 is 14.4 Å². The number of nitrogens with zero attached hydrogens (tertiary/aromatic N) is 2. The normalized spacial score (nSPS) is 13.7. The minimum atomic E-state index is -0.569. The van der Waals surface area contributed by atoms with Crippen LogP contribution in [0.15, 0.2) is 121 Å². The number of rotatable bonds is 8. The number of amides is 4. The van der Waals surface area contributed by atoms with Crippen molar-refractivity contribution >= 4 is 23.9 Å². The van der Waals surface area contributed by atoms with Crippen LogP contribution < -0.4 is 0 Å². The second kappa shape index (κ2) is 11.5. The van der Waals surface area contributed by atoms with Gasteiger partial charge < -0.3 is 0 Å². The van der Waals surface area contributed by atoms with Crippen molar-refractivity contribution in [2.24, 2.45) is 0 Å². The summed E-state index contributed by atoms with van der Waals surface area (Å²) in [7, 11) is 0. The number of carbonyl (C=O) groups is 3. The third-order valence-corrected chi connectivity index (χ3v) is 6.69. The Kier molecular flexibility index (Phi) is 7.55. The first-order valence-electron chi connectivity index (χ1n) is 12.7. The summed E-state index contributed by atoms with van der Waals surface area (Å²) in [6.07, 6.45) is 2.64. The summed E-state index contributed by atoms with van der Waals surface area (Å²) < 4.78 is 0. The van der Waals surface area contributed by atoms with Gasteiger partial charge >= 0.3 is 6.03 Å². The van der Waals surface area contributed by atoms with Gasteiger partial charge in [0.15, 0.2) is 0 Å². The molecule has 38 heavy (non-hydrogen) atoms. The summed E-state index contributed by atoms with van der Waals surface area (Å²) in [5.41, 5.74) is 4.66. The molecule has 1 saturated heterocycles. The number of imide groups is 2. The van der Waals surface area contributed by atoms with Crippen LogP contribution in [0.3, 0.4) is 0 Å². The van der Waals surface area contributed by atoms with E-state index in [2.05, 4.69) is 0 Å². The molecule has 5 rings (SSSR count). The fraction of sp³-hybridized carbons (Fsp3) is 0.121. The number of carbonyl (C=O) groups excluding carboxylic acids is 3. The van der Waals surface area contributed by atoms with Gasteiger partial charge in [0.2, 0.25) is 0 Å². The van der Waals surface area contributed by atoms with E-state index in [0.29, 0.717) is 12.8 Å². The van der Waals surface area contributed by atoms with E-state index >= 15 is 0 Å². The average Bonchev–Trinajstić information content (AvgIpc) is 2.97. The Morgan fingerprint density at radius 3 is 1.50 bits per heavy atom. The second-order valence-corrected chi connectivity index (χ2v) is 9.18. The maximum absolute atomic E-state index is 13.6. The fourth-order valence-electron chi connectivity index (χ4n) is 4.65. The van der Waals surface area contributed by atoms with Crippen molar-refractivity contribution in [3.8, 4) is 11.1 Å². The van der Waals surface area contributed by atoms with Crippen molar-refractivity contribution in [1.82, 2.24) is 9.80 Å². The molecule has 0 aliphatic carbocycles. The van der Waals surface area contributed by atoms with Crippen LogP contribution in [0.5, 0.6) is 0 Å². The smallest absolute Gasteiger partial charge is 0.268 e. The molecular weight excluding hydrogens is 472 g/mol. The van der Waals surface area contributed by atoms with E-state index in [1.54, 1.807) is 6.08 Å². The first-order chi connectivity index (χ1) is 18.6. The van der Waals surface area contributed by atoms with E-state index in [0.717, 1.165) is 27.8 Å². The monoisotopic (exact) mass is 500 g/mol. The van der Waals surface area contributed by atoms with Crippen molar-refractivity contribution in [2.75, 3.05) is 13.1 Å². The van der Waals surface area contributed by atoms with Crippen LogP contribution in [0.1, 0.15) is 16.7 Å². The lowest BCUT2D eigenvalue weighted by atomic mass is 9.97. The van der Waals surface area contributed by atoms with Gasteiger partial charge in [-0.2, -0.15) is 0 Å². The Morgan fingerprint density at radius 1 is 0.526 bits per heavy atom. The minimum Gasteiger partial charge on any atom is -0.268 e. The largest absolute Gasteiger partial charge is 0.333 e. The molecule has 0 atom stereocenters. The molecule has 0 radical (unpaired) electrons. The lowest BCUT2D eigenvalue weighted by Crippen LogP contribution is -2.57. The third-order valence-electron chi connectivity index (χ3n) is 6.69. The highest BCUT2D eigenvalue weighted by Crippen LogP contribution is 2.28. The zero-order chi connectivity index (χ0) is 26.3. The van der Waals surface area contributed by atoms with Gasteiger partial charge in [-0.15, -0.1) is 0 Å². The molecule has 0 N–H and O–H groups in total. The maximum Gasteiger partial charge on any atom is 0.333 e. The van der Waals surface area contributed by atoms with Gasteiger partial charge in [-0.1, -0.05) is 115 Å². The average molecular weight is 501 g/mol. The topological polar surface area (TPSA) is 57.7 Å². The zero-order valence-electron chi connectivity index (χ0n) is 21.0. The second-order valence-electron chi connectivity index (χ2n) is 9.18. The molecule has 0 bridgehead atoms. The number of benzene rings is 4. The van der Waals surface area contributed by atoms with Gasteiger partial charge in [0.25, 0.3) is 11.8 Å². The molecule has 188 valence electrons. The molecule has 1 aliphatic rings. The number of hydrogen-bond acceptors (Lipinski definition) is 3. The summed E-state index contributed by atoms with van der Waals surface area (Å²) in [6.45, 7) is 0.378. The van der Waals surface area contributed by atoms with Gasteiger partial charge in [0.05, 0.1) is 0 Å². The molecule has 1 aliphatic heterocycles. The predicted molar refractivity (Wildman–Crippen MR) is 149 cm³/mol. The van der Waals surface area contributed by atoms with Gasteiger partial charge in [0, 0.05) is 13.1 Å². The lowest BCUT2D eigenvalue weighted by Gasteiger charge is -2.34. The van der Waals surface area contributed by atoms with Gasteiger partial charge in [0.1, 0.15) is 5.57 Å². The summed E-state index contributed by atoms with van der Waals surface area (Å²) >= 11 is 0. The van der Waals surface area contributed by atoms with E-state index in [9.17, 15) is 14.4 Å². The number of barbiturate groups is 1. The van der Waals surface area contributed by atoms with Gasteiger partial charge in [-0.05, 0) is 46.7 Å². The Bertz CT molecular complexity index is 1400. The number of urea groups is 1. The molecule has 1 heterocycles. The summed E-state index contributed by atoms with van der Waals surface area (Å²) in [4.78, 5) is 43.1. The van der Waals surface area contributed by atoms with E-state index < -0.39 is 17.8 Å². The Morgan fingerprint density at radius 2 is 0.974 bits per heavy atom. The molecule has 0 unspecified atom stereocenters. The van der Waals surface area contributed by atoms with Crippen LogP contribution in [0, 0.1) is 0 Å². The van der Waals surface area contributed by atoms with Gasteiger partial charge in [-0.3, -0.25) is 19.4 Å². The lowest BCUT2D eigenvalue weighted by molar-refractivity contribution is -0.135. The van der Waals surface area contributed by atoms with E-state index in [1.165, 1.54) is 9.80 Å². The van der Waals surface area contributed by atoms with Crippen molar-refractivity contribution in [3.05, 3.63) is 138 Å². The minimum absolute atomic E-state index is 0.00546. The van der Waals surface area contributed by atoms with Crippen LogP contribution in [-0.2, 0) is 22.4 Å². The molecule has 1 fully saturated rings. The summed E-state index contributed by atoms with van der Waals surface area (Å²) in [5, 5.41) is 0. The van der Waals surface area contributed by atoms with Gasteiger partial charge in [-0.25, -0.2) is 4.79 Å². The predicted octanol–water partition coefficient (Wildman–Crippen LogP) is 6.01. The maximum atomic E-state index is 13.6. The Balaban J connectivity index is 1.49.